The minimum atomic E-state index is 0.954. The van der Waals surface area contributed by atoms with E-state index in [0.717, 1.165) is 18.7 Å². The molecule has 0 radical (unpaired) electrons. The van der Waals surface area contributed by atoms with Gasteiger partial charge in [-0.1, -0.05) is 30.3 Å². The Balaban J connectivity index is 2.11. The van der Waals surface area contributed by atoms with Gasteiger partial charge in [0.05, 0.1) is 12.7 Å². The Bertz CT molecular complexity index is 643. The molecule has 1 heterocycles. The van der Waals surface area contributed by atoms with E-state index in [1.165, 1.54) is 22.4 Å². The highest BCUT2D eigenvalue weighted by Crippen LogP contribution is 2.26. The molecule has 0 atom stereocenters. The summed E-state index contributed by atoms with van der Waals surface area (Å²) in [5, 5.41) is 0. The Morgan fingerprint density at radius 3 is 2.68 bits per heavy atom. The zero-order chi connectivity index (χ0) is 13.2. The smallest absolute Gasteiger partial charge is 0.208 e. The van der Waals surface area contributed by atoms with Gasteiger partial charge in [-0.25, -0.2) is 0 Å². The van der Waals surface area contributed by atoms with Crippen LogP contribution in [-0.4, -0.2) is 24.4 Å². The lowest BCUT2D eigenvalue weighted by atomic mass is 10.0. The fourth-order valence-corrected chi connectivity index (χ4v) is 2.67. The van der Waals surface area contributed by atoms with Crippen molar-refractivity contribution in [3.05, 3.63) is 59.2 Å². The van der Waals surface area contributed by atoms with Crippen molar-refractivity contribution in [2.45, 2.75) is 13.3 Å². The van der Waals surface area contributed by atoms with Crippen LogP contribution < -0.4 is 4.74 Å². The maximum atomic E-state index is 5.47. The number of para-hydroxylation sites is 1. The fraction of sp³-hybridized carbons (Fsp3) is 0.235. The molecule has 2 aromatic carbocycles. The van der Waals surface area contributed by atoms with Gasteiger partial charge in [0, 0.05) is 18.1 Å². The molecule has 2 heteroatoms. The van der Waals surface area contributed by atoms with Crippen LogP contribution >= 0.6 is 0 Å². The zero-order valence-corrected chi connectivity index (χ0v) is 11.4. The molecular weight excluding hydrogens is 234 g/mol. The molecule has 0 amide bonds. The molecule has 0 unspecified atom stereocenters. The summed E-state index contributed by atoms with van der Waals surface area (Å²) < 4.78 is 7.79. The summed E-state index contributed by atoms with van der Waals surface area (Å²) in [5.74, 6) is 0.954. The highest BCUT2D eigenvalue weighted by Gasteiger charge is 2.21. The Morgan fingerprint density at radius 2 is 1.89 bits per heavy atom. The van der Waals surface area contributed by atoms with Gasteiger partial charge < -0.3 is 4.74 Å². The monoisotopic (exact) mass is 252 g/mol. The van der Waals surface area contributed by atoms with Crippen LogP contribution in [0.25, 0.3) is 0 Å². The summed E-state index contributed by atoms with van der Waals surface area (Å²) in [7, 11) is 1.73. The van der Waals surface area contributed by atoms with Gasteiger partial charge in [-0.3, -0.25) is 0 Å². The summed E-state index contributed by atoms with van der Waals surface area (Å²) in [4.78, 5) is 0. The van der Waals surface area contributed by atoms with E-state index >= 15 is 0 Å². The van der Waals surface area contributed by atoms with Crippen LogP contribution in [0.3, 0.4) is 0 Å². The van der Waals surface area contributed by atoms with E-state index in [4.69, 9.17) is 4.74 Å². The number of hydrogen-bond acceptors (Lipinski definition) is 1. The van der Waals surface area contributed by atoms with Gasteiger partial charge in [0.2, 0.25) is 5.69 Å². The first-order chi connectivity index (χ1) is 9.29. The molecule has 0 aliphatic carbocycles. The van der Waals surface area contributed by atoms with Gasteiger partial charge in [0.25, 0.3) is 0 Å². The zero-order valence-electron chi connectivity index (χ0n) is 11.4. The van der Waals surface area contributed by atoms with Crippen LogP contribution in [0.15, 0.2) is 42.5 Å². The Labute approximate surface area is 114 Å². The summed E-state index contributed by atoms with van der Waals surface area (Å²) in [6.07, 6.45) is 3.26. The SMILES string of the molecule is COc1cccc2c1C=[N+](c1ccccc1C)CC2. The number of benzene rings is 2. The lowest BCUT2D eigenvalue weighted by Gasteiger charge is -2.15. The molecule has 3 rings (SSSR count). The highest BCUT2D eigenvalue weighted by molar-refractivity contribution is 5.84. The lowest BCUT2D eigenvalue weighted by Crippen LogP contribution is -2.19. The van der Waals surface area contributed by atoms with Gasteiger partial charge in [-0.2, -0.15) is 4.58 Å². The van der Waals surface area contributed by atoms with Gasteiger partial charge >= 0.3 is 0 Å². The van der Waals surface area contributed by atoms with Crippen molar-refractivity contribution in [3.63, 3.8) is 0 Å². The van der Waals surface area contributed by atoms with Crippen molar-refractivity contribution in [2.24, 2.45) is 0 Å². The molecule has 2 nitrogen and oxygen atoms in total. The van der Waals surface area contributed by atoms with Crippen LogP contribution in [-0.2, 0) is 6.42 Å². The van der Waals surface area contributed by atoms with Crippen molar-refractivity contribution in [2.75, 3.05) is 13.7 Å². The molecule has 0 bridgehead atoms. The predicted octanol–water partition coefficient (Wildman–Crippen LogP) is 3.32. The van der Waals surface area contributed by atoms with Crippen molar-refractivity contribution >= 4 is 11.9 Å². The standard InChI is InChI=1S/C17H18NO/c1-13-6-3-4-8-16(13)18-11-10-14-7-5-9-17(19-2)15(14)12-18/h3-9,12H,10-11H2,1-2H3/q+1. The predicted molar refractivity (Wildman–Crippen MR) is 77.8 cm³/mol. The molecule has 19 heavy (non-hydrogen) atoms. The summed E-state index contributed by atoms with van der Waals surface area (Å²) in [6.45, 7) is 3.17. The Hall–Kier alpha value is -2.09. The first kappa shape index (κ1) is 12.0. The van der Waals surface area contributed by atoms with E-state index in [2.05, 4.69) is 54.1 Å². The van der Waals surface area contributed by atoms with E-state index in [0.29, 0.717) is 0 Å². The fourth-order valence-electron chi connectivity index (χ4n) is 2.67. The van der Waals surface area contributed by atoms with E-state index in [9.17, 15) is 0 Å². The molecule has 0 saturated carbocycles. The van der Waals surface area contributed by atoms with Gasteiger partial charge in [0.15, 0.2) is 12.8 Å². The largest absolute Gasteiger partial charge is 0.496 e. The number of hydrogen-bond donors (Lipinski definition) is 0. The molecule has 0 spiro atoms. The van der Waals surface area contributed by atoms with Crippen molar-refractivity contribution < 1.29 is 9.31 Å². The quantitative estimate of drug-likeness (QED) is 0.747. The molecule has 0 fully saturated rings. The van der Waals surface area contributed by atoms with Gasteiger partial charge in [0.1, 0.15) is 5.75 Å². The second-order valence-electron chi connectivity index (χ2n) is 4.89. The molecule has 1 aliphatic heterocycles. The Morgan fingerprint density at radius 1 is 1.05 bits per heavy atom. The number of methoxy groups -OCH3 is 1. The van der Waals surface area contributed by atoms with Crippen LogP contribution in [0.5, 0.6) is 5.75 Å². The number of ether oxygens (including phenoxy) is 1. The van der Waals surface area contributed by atoms with E-state index in [1.807, 2.05) is 6.07 Å². The maximum Gasteiger partial charge on any atom is 0.208 e. The Kier molecular flexibility index (Phi) is 3.08. The van der Waals surface area contributed by atoms with Crippen LogP contribution in [0.2, 0.25) is 0 Å². The van der Waals surface area contributed by atoms with Crippen molar-refractivity contribution in [3.8, 4) is 5.75 Å². The second-order valence-corrected chi connectivity index (χ2v) is 4.89. The van der Waals surface area contributed by atoms with Crippen molar-refractivity contribution in [1.82, 2.24) is 0 Å². The summed E-state index contributed by atoms with van der Waals surface area (Å²) in [6, 6.07) is 14.8. The number of rotatable bonds is 2. The van der Waals surface area contributed by atoms with Crippen molar-refractivity contribution in [1.29, 1.82) is 0 Å². The first-order valence-electron chi connectivity index (χ1n) is 6.62. The summed E-state index contributed by atoms with van der Waals surface area (Å²) in [5.41, 5.74) is 5.15. The third-order valence-electron chi connectivity index (χ3n) is 3.71. The topological polar surface area (TPSA) is 12.2 Å². The molecule has 0 N–H and O–H groups in total. The normalized spacial score (nSPS) is 13.7. The van der Waals surface area contributed by atoms with E-state index < -0.39 is 0 Å². The lowest BCUT2D eigenvalue weighted by molar-refractivity contribution is -0.436. The number of aryl methyl sites for hydroxylation is 1. The molecule has 2 aromatic rings. The van der Waals surface area contributed by atoms with Crippen LogP contribution in [0.1, 0.15) is 16.7 Å². The van der Waals surface area contributed by atoms with Crippen LogP contribution in [0.4, 0.5) is 5.69 Å². The third-order valence-corrected chi connectivity index (χ3v) is 3.71. The number of fused-ring (bicyclic) bond motifs is 1. The molecule has 0 saturated heterocycles. The molecule has 1 aliphatic rings. The number of nitrogens with zero attached hydrogens (tertiary/aromatic N) is 1. The minimum Gasteiger partial charge on any atom is -0.496 e. The molecule has 0 aromatic heterocycles. The summed E-state index contributed by atoms with van der Waals surface area (Å²) >= 11 is 0. The van der Waals surface area contributed by atoms with Gasteiger partial charge in [-0.15, -0.1) is 0 Å². The highest BCUT2D eigenvalue weighted by atomic mass is 16.5. The first-order valence-corrected chi connectivity index (χ1v) is 6.62. The molecule has 96 valence electrons. The maximum absolute atomic E-state index is 5.47. The average Bonchev–Trinajstić information content (AvgIpc) is 2.46. The minimum absolute atomic E-state index is 0.954. The third kappa shape index (κ3) is 2.14. The van der Waals surface area contributed by atoms with E-state index in [-0.39, 0.29) is 0 Å². The van der Waals surface area contributed by atoms with E-state index in [1.54, 1.807) is 7.11 Å². The average molecular weight is 252 g/mol. The molecular formula is C17H18NO+. The second kappa shape index (κ2) is 4.88. The van der Waals surface area contributed by atoms with Crippen LogP contribution in [0, 0.1) is 6.92 Å². The van der Waals surface area contributed by atoms with Gasteiger partial charge in [-0.05, 0) is 18.6 Å².